The van der Waals surface area contributed by atoms with Gasteiger partial charge in [-0.2, -0.15) is 0 Å². The van der Waals surface area contributed by atoms with Crippen molar-refractivity contribution in [1.29, 1.82) is 0 Å². The van der Waals surface area contributed by atoms with E-state index in [1.165, 1.54) is 10.9 Å². The van der Waals surface area contributed by atoms with Crippen molar-refractivity contribution in [3.8, 4) is 0 Å². The summed E-state index contributed by atoms with van der Waals surface area (Å²) in [5.41, 5.74) is 0.845. The van der Waals surface area contributed by atoms with Gasteiger partial charge in [0.05, 0.1) is 18.3 Å². The fraction of sp³-hybridized carbons (Fsp3) is 0.300. The molecule has 2 aromatic heterocycles. The Balaban J connectivity index is 2.00. The number of carbonyl (C=O) groups excluding carboxylic acids is 2. The number of aromatic nitrogens is 2. The Hall–Kier alpha value is -3.00. The number of thiophene rings is 1. The summed E-state index contributed by atoms with van der Waals surface area (Å²) in [5.74, 6) is -0.765. The van der Waals surface area contributed by atoms with E-state index in [1.807, 2.05) is 25.1 Å². The van der Waals surface area contributed by atoms with Crippen LogP contribution in [-0.4, -0.2) is 28.0 Å². The monoisotopic (exact) mass is 399 g/mol. The first kappa shape index (κ1) is 19.8. The summed E-state index contributed by atoms with van der Waals surface area (Å²) < 4.78 is 6.38. The van der Waals surface area contributed by atoms with E-state index < -0.39 is 12.0 Å². The molecule has 0 aliphatic rings. The van der Waals surface area contributed by atoms with Gasteiger partial charge < -0.3 is 10.1 Å². The van der Waals surface area contributed by atoms with E-state index in [1.54, 1.807) is 26.0 Å². The standard InChI is InChI=1S/C20H21N3O4S/c1-4-14(17(24)22-13-9-7-6-8-10-13)23-11-21-18-15(19(23)25)12(3)16(28-18)20(26)27-5-2/h6-11,14H,4-5H2,1-3H3,(H,22,24). The Morgan fingerprint density at radius 2 is 1.96 bits per heavy atom. The smallest absolute Gasteiger partial charge is 0.348 e. The van der Waals surface area contributed by atoms with E-state index in [9.17, 15) is 14.4 Å². The minimum atomic E-state index is -0.713. The number of amides is 1. The van der Waals surface area contributed by atoms with Crippen LogP contribution in [0.15, 0.2) is 41.5 Å². The maximum absolute atomic E-state index is 13.1. The lowest BCUT2D eigenvalue weighted by Crippen LogP contribution is -2.33. The molecule has 0 fully saturated rings. The van der Waals surface area contributed by atoms with Gasteiger partial charge in [0.1, 0.15) is 15.7 Å². The molecule has 1 atom stereocenters. The normalized spacial score (nSPS) is 12.0. The van der Waals surface area contributed by atoms with Crippen LogP contribution in [0.1, 0.15) is 41.5 Å². The topological polar surface area (TPSA) is 90.3 Å². The number of nitrogens with one attached hydrogen (secondary N) is 1. The van der Waals surface area contributed by atoms with Crippen LogP contribution in [0.2, 0.25) is 0 Å². The number of carbonyl (C=O) groups is 2. The number of anilines is 1. The van der Waals surface area contributed by atoms with Crippen LogP contribution in [0.25, 0.3) is 10.2 Å². The average Bonchev–Trinajstić information content (AvgIpc) is 3.02. The predicted molar refractivity (Wildman–Crippen MR) is 109 cm³/mol. The van der Waals surface area contributed by atoms with Gasteiger partial charge >= 0.3 is 5.97 Å². The van der Waals surface area contributed by atoms with E-state index in [4.69, 9.17) is 4.74 Å². The third-order valence-corrected chi connectivity index (χ3v) is 5.58. The number of hydrogen-bond acceptors (Lipinski definition) is 6. The number of benzene rings is 1. The molecule has 146 valence electrons. The highest BCUT2D eigenvalue weighted by molar-refractivity contribution is 7.20. The summed E-state index contributed by atoms with van der Waals surface area (Å²) in [6, 6.07) is 8.35. The second kappa shape index (κ2) is 8.35. The molecule has 1 aromatic carbocycles. The number of para-hydroxylation sites is 1. The lowest BCUT2D eigenvalue weighted by atomic mass is 10.1. The van der Waals surface area contributed by atoms with Crippen LogP contribution in [0.5, 0.6) is 0 Å². The molecule has 8 heteroatoms. The number of ether oxygens (including phenoxy) is 1. The molecule has 0 spiro atoms. The van der Waals surface area contributed by atoms with Crippen LogP contribution in [0.3, 0.4) is 0 Å². The second-order valence-corrected chi connectivity index (χ2v) is 7.19. The first-order valence-corrected chi connectivity index (χ1v) is 9.82. The van der Waals surface area contributed by atoms with Crippen molar-refractivity contribution >= 4 is 39.1 Å². The summed E-state index contributed by atoms with van der Waals surface area (Å²) in [6.07, 6.45) is 1.79. The molecule has 0 aliphatic heterocycles. The Morgan fingerprint density at radius 3 is 2.61 bits per heavy atom. The van der Waals surface area contributed by atoms with Crippen LogP contribution < -0.4 is 10.9 Å². The van der Waals surface area contributed by atoms with Crippen molar-refractivity contribution in [1.82, 2.24) is 9.55 Å². The molecular formula is C20H21N3O4S. The van der Waals surface area contributed by atoms with E-state index >= 15 is 0 Å². The zero-order valence-corrected chi connectivity index (χ0v) is 16.7. The van der Waals surface area contributed by atoms with Crippen LogP contribution >= 0.6 is 11.3 Å². The molecular weight excluding hydrogens is 378 g/mol. The fourth-order valence-corrected chi connectivity index (χ4v) is 4.04. The molecule has 0 saturated heterocycles. The molecule has 3 rings (SSSR count). The van der Waals surface area contributed by atoms with Crippen LogP contribution in [0, 0.1) is 6.92 Å². The number of nitrogens with zero attached hydrogens (tertiary/aromatic N) is 2. The molecule has 0 aliphatic carbocycles. The summed E-state index contributed by atoms with van der Waals surface area (Å²) >= 11 is 1.13. The quantitative estimate of drug-likeness (QED) is 0.641. The molecule has 3 aromatic rings. The Labute approximate surface area is 166 Å². The highest BCUT2D eigenvalue weighted by Crippen LogP contribution is 2.28. The van der Waals surface area contributed by atoms with Gasteiger partial charge in [0, 0.05) is 5.69 Å². The van der Waals surface area contributed by atoms with Gasteiger partial charge in [0.2, 0.25) is 5.91 Å². The maximum atomic E-state index is 13.1. The number of fused-ring (bicyclic) bond motifs is 1. The predicted octanol–water partition coefficient (Wildman–Crippen LogP) is 3.53. The minimum absolute atomic E-state index is 0.252. The van der Waals surface area contributed by atoms with E-state index in [-0.39, 0.29) is 18.1 Å². The number of esters is 1. The molecule has 1 unspecified atom stereocenters. The first-order chi connectivity index (χ1) is 13.5. The van der Waals surface area contributed by atoms with Gasteiger partial charge in [0.15, 0.2) is 0 Å². The zero-order chi connectivity index (χ0) is 20.3. The van der Waals surface area contributed by atoms with Crippen LogP contribution in [-0.2, 0) is 9.53 Å². The second-order valence-electron chi connectivity index (χ2n) is 6.19. The lowest BCUT2D eigenvalue weighted by molar-refractivity contribution is -0.119. The highest BCUT2D eigenvalue weighted by atomic mass is 32.1. The zero-order valence-electron chi connectivity index (χ0n) is 15.9. The number of hydrogen-bond donors (Lipinski definition) is 1. The molecule has 0 saturated carbocycles. The van der Waals surface area contributed by atoms with Crippen molar-refractivity contribution in [2.75, 3.05) is 11.9 Å². The third-order valence-electron chi connectivity index (χ3n) is 4.40. The molecule has 7 nitrogen and oxygen atoms in total. The number of aryl methyl sites for hydroxylation is 1. The van der Waals surface area contributed by atoms with Gasteiger partial charge in [-0.3, -0.25) is 14.2 Å². The Bertz CT molecular complexity index is 1070. The summed E-state index contributed by atoms with van der Waals surface area (Å²) in [4.78, 5) is 43.1. The maximum Gasteiger partial charge on any atom is 0.348 e. The fourth-order valence-electron chi connectivity index (χ4n) is 3.01. The molecule has 0 radical (unpaired) electrons. The minimum Gasteiger partial charge on any atom is -0.462 e. The SMILES string of the molecule is CCOC(=O)c1sc2ncn(C(CC)C(=O)Nc3ccccc3)c(=O)c2c1C. The summed E-state index contributed by atoms with van der Waals surface area (Å²) in [6.45, 7) is 5.50. The van der Waals surface area contributed by atoms with Gasteiger partial charge in [0.25, 0.3) is 5.56 Å². The average molecular weight is 399 g/mol. The van der Waals surface area contributed by atoms with Crippen molar-refractivity contribution in [3.63, 3.8) is 0 Å². The molecule has 2 heterocycles. The van der Waals surface area contributed by atoms with Crippen molar-refractivity contribution in [2.24, 2.45) is 0 Å². The van der Waals surface area contributed by atoms with Crippen molar-refractivity contribution in [2.45, 2.75) is 33.2 Å². The van der Waals surface area contributed by atoms with Gasteiger partial charge in [-0.15, -0.1) is 11.3 Å². The summed E-state index contributed by atoms with van der Waals surface area (Å²) in [7, 11) is 0. The number of rotatable bonds is 6. The Morgan fingerprint density at radius 1 is 1.25 bits per heavy atom. The Kier molecular flexibility index (Phi) is 5.89. The van der Waals surface area contributed by atoms with Crippen LogP contribution in [0.4, 0.5) is 5.69 Å². The summed E-state index contributed by atoms with van der Waals surface area (Å²) in [5, 5.41) is 3.17. The largest absolute Gasteiger partial charge is 0.462 e. The third kappa shape index (κ3) is 3.68. The van der Waals surface area contributed by atoms with Gasteiger partial charge in [-0.05, 0) is 38.0 Å². The highest BCUT2D eigenvalue weighted by Gasteiger charge is 2.25. The molecule has 1 N–H and O–H groups in total. The lowest BCUT2D eigenvalue weighted by Gasteiger charge is -2.17. The first-order valence-electron chi connectivity index (χ1n) is 9.01. The van der Waals surface area contributed by atoms with Crippen molar-refractivity contribution < 1.29 is 14.3 Å². The molecule has 28 heavy (non-hydrogen) atoms. The van der Waals surface area contributed by atoms with E-state index in [2.05, 4.69) is 10.3 Å². The molecule has 0 bridgehead atoms. The van der Waals surface area contributed by atoms with Crippen molar-refractivity contribution in [3.05, 3.63) is 57.5 Å². The van der Waals surface area contributed by atoms with E-state index in [0.29, 0.717) is 32.8 Å². The molecule has 1 amide bonds. The van der Waals surface area contributed by atoms with Gasteiger partial charge in [-0.25, -0.2) is 9.78 Å². The van der Waals surface area contributed by atoms with Gasteiger partial charge in [-0.1, -0.05) is 25.1 Å². The van der Waals surface area contributed by atoms with E-state index in [0.717, 1.165) is 11.3 Å².